The van der Waals surface area contributed by atoms with Crippen LogP contribution in [0.25, 0.3) is 11.0 Å². The largest absolute Gasteiger partial charge is 0.353 e. The minimum absolute atomic E-state index is 0.502. The SMILES string of the molecule is CC(CCCl)CNc1nnc2ccccc2n1. The third-order valence-corrected chi connectivity index (χ3v) is 2.79. The van der Waals surface area contributed by atoms with E-state index >= 15 is 0 Å². The highest BCUT2D eigenvalue weighted by Gasteiger charge is 2.04. The van der Waals surface area contributed by atoms with Gasteiger partial charge in [0.25, 0.3) is 0 Å². The van der Waals surface area contributed by atoms with Crippen molar-refractivity contribution >= 4 is 28.6 Å². The Morgan fingerprint density at radius 2 is 2.00 bits per heavy atom. The van der Waals surface area contributed by atoms with E-state index in [9.17, 15) is 0 Å². The van der Waals surface area contributed by atoms with E-state index in [0.29, 0.717) is 17.7 Å². The molecular weight excluding hydrogens is 236 g/mol. The average Bonchev–Trinajstić information content (AvgIpc) is 2.36. The minimum Gasteiger partial charge on any atom is -0.353 e. The molecule has 1 atom stereocenters. The number of halogens is 1. The van der Waals surface area contributed by atoms with Crippen LogP contribution < -0.4 is 5.32 Å². The van der Waals surface area contributed by atoms with E-state index in [-0.39, 0.29) is 0 Å². The van der Waals surface area contributed by atoms with E-state index in [1.165, 1.54) is 0 Å². The summed E-state index contributed by atoms with van der Waals surface area (Å²) in [7, 11) is 0. The second-order valence-corrected chi connectivity index (χ2v) is 4.47. The summed E-state index contributed by atoms with van der Waals surface area (Å²) < 4.78 is 0. The lowest BCUT2D eigenvalue weighted by molar-refractivity contribution is 0.594. The molecule has 2 rings (SSSR count). The molecule has 0 saturated carbocycles. The lowest BCUT2D eigenvalue weighted by Gasteiger charge is -2.10. The van der Waals surface area contributed by atoms with Gasteiger partial charge in [-0.1, -0.05) is 19.1 Å². The number of benzene rings is 1. The molecule has 0 radical (unpaired) electrons. The molecule has 0 aliphatic heterocycles. The Labute approximate surface area is 105 Å². The number of hydrogen-bond donors (Lipinski definition) is 1. The van der Waals surface area contributed by atoms with Gasteiger partial charge < -0.3 is 5.32 Å². The quantitative estimate of drug-likeness (QED) is 0.829. The Morgan fingerprint density at radius 3 is 2.76 bits per heavy atom. The van der Waals surface area contributed by atoms with Crippen LogP contribution in [-0.2, 0) is 0 Å². The van der Waals surface area contributed by atoms with Crippen molar-refractivity contribution in [2.45, 2.75) is 13.3 Å². The van der Waals surface area contributed by atoms with Crippen molar-refractivity contribution in [3.05, 3.63) is 24.3 Å². The zero-order valence-corrected chi connectivity index (χ0v) is 10.5. The van der Waals surface area contributed by atoms with Gasteiger partial charge in [0.2, 0.25) is 5.95 Å². The molecule has 1 aromatic carbocycles. The predicted octanol–water partition coefficient (Wildman–Crippen LogP) is 2.70. The van der Waals surface area contributed by atoms with E-state index in [2.05, 4.69) is 27.4 Å². The number of fused-ring (bicyclic) bond motifs is 1. The standard InChI is InChI=1S/C12H15ClN4/c1-9(6-7-13)8-14-12-15-10-4-2-3-5-11(10)16-17-12/h2-5,9H,6-8H2,1H3,(H,14,15,17). The first-order chi connectivity index (χ1) is 8.29. The number of alkyl halides is 1. The highest BCUT2D eigenvalue weighted by atomic mass is 35.5. The molecule has 1 heterocycles. The second-order valence-electron chi connectivity index (χ2n) is 4.09. The molecule has 2 aromatic rings. The van der Waals surface area contributed by atoms with E-state index in [0.717, 1.165) is 24.0 Å². The van der Waals surface area contributed by atoms with Gasteiger partial charge in [0.05, 0.1) is 5.52 Å². The lowest BCUT2D eigenvalue weighted by Crippen LogP contribution is -2.14. The molecule has 0 bridgehead atoms. The summed E-state index contributed by atoms with van der Waals surface area (Å²) in [6.45, 7) is 2.95. The maximum atomic E-state index is 5.68. The zero-order chi connectivity index (χ0) is 12.1. The van der Waals surface area contributed by atoms with Crippen LogP contribution in [0.1, 0.15) is 13.3 Å². The fourth-order valence-corrected chi connectivity index (χ4v) is 1.88. The minimum atomic E-state index is 0.502. The monoisotopic (exact) mass is 250 g/mol. The second kappa shape index (κ2) is 5.77. The molecule has 0 amide bonds. The molecular formula is C12H15ClN4. The fourth-order valence-electron chi connectivity index (χ4n) is 1.51. The summed E-state index contributed by atoms with van der Waals surface area (Å²) in [5, 5.41) is 11.3. The molecule has 0 aliphatic carbocycles. The van der Waals surface area contributed by atoms with Crippen molar-refractivity contribution in [1.82, 2.24) is 15.2 Å². The molecule has 0 fully saturated rings. The van der Waals surface area contributed by atoms with Crippen molar-refractivity contribution in [3.63, 3.8) is 0 Å². The smallest absolute Gasteiger partial charge is 0.243 e. The van der Waals surface area contributed by atoms with Gasteiger partial charge in [-0.05, 0) is 24.5 Å². The van der Waals surface area contributed by atoms with E-state index in [1.54, 1.807) is 0 Å². The summed E-state index contributed by atoms with van der Waals surface area (Å²) in [6, 6.07) is 7.69. The molecule has 0 saturated heterocycles. The van der Waals surface area contributed by atoms with E-state index in [4.69, 9.17) is 11.6 Å². The molecule has 1 unspecified atom stereocenters. The number of nitrogens with one attached hydrogen (secondary N) is 1. The zero-order valence-electron chi connectivity index (χ0n) is 9.73. The lowest BCUT2D eigenvalue weighted by atomic mass is 10.1. The Morgan fingerprint density at radius 1 is 1.24 bits per heavy atom. The molecule has 90 valence electrons. The van der Waals surface area contributed by atoms with Gasteiger partial charge in [-0.25, -0.2) is 4.98 Å². The van der Waals surface area contributed by atoms with Gasteiger partial charge in [-0.2, -0.15) is 0 Å². The summed E-state index contributed by atoms with van der Waals surface area (Å²) in [6.07, 6.45) is 0.982. The summed E-state index contributed by atoms with van der Waals surface area (Å²) in [5.74, 6) is 1.76. The van der Waals surface area contributed by atoms with Crippen LogP contribution in [0.2, 0.25) is 0 Å². The van der Waals surface area contributed by atoms with Crippen LogP contribution in [-0.4, -0.2) is 27.6 Å². The third kappa shape index (κ3) is 3.27. The van der Waals surface area contributed by atoms with Gasteiger partial charge in [-0.3, -0.25) is 0 Å². The fraction of sp³-hybridized carbons (Fsp3) is 0.417. The molecule has 1 N–H and O–H groups in total. The molecule has 4 nitrogen and oxygen atoms in total. The summed E-state index contributed by atoms with van der Waals surface area (Å²) >= 11 is 5.68. The number of rotatable bonds is 5. The van der Waals surface area contributed by atoms with Crippen LogP contribution in [0.4, 0.5) is 5.95 Å². The van der Waals surface area contributed by atoms with Crippen LogP contribution in [0.5, 0.6) is 0 Å². The number of aromatic nitrogens is 3. The van der Waals surface area contributed by atoms with Gasteiger partial charge in [0.1, 0.15) is 5.52 Å². The highest BCUT2D eigenvalue weighted by molar-refractivity contribution is 6.17. The topological polar surface area (TPSA) is 50.7 Å². The van der Waals surface area contributed by atoms with Crippen LogP contribution >= 0.6 is 11.6 Å². The number of anilines is 1. The van der Waals surface area contributed by atoms with Gasteiger partial charge >= 0.3 is 0 Å². The van der Waals surface area contributed by atoms with Gasteiger partial charge in [-0.15, -0.1) is 21.8 Å². The Balaban J connectivity index is 2.04. The Kier molecular flexibility index (Phi) is 4.09. The summed E-state index contributed by atoms with van der Waals surface area (Å²) in [5.41, 5.74) is 1.67. The van der Waals surface area contributed by atoms with Gasteiger partial charge in [0, 0.05) is 12.4 Å². The maximum Gasteiger partial charge on any atom is 0.243 e. The van der Waals surface area contributed by atoms with E-state index < -0.39 is 0 Å². The number of hydrogen-bond acceptors (Lipinski definition) is 4. The molecule has 1 aromatic heterocycles. The first-order valence-electron chi connectivity index (χ1n) is 5.69. The Bertz CT molecular complexity index is 489. The third-order valence-electron chi connectivity index (χ3n) is 2.57. The predicted molar refractivity (Wildman–Crippen MR) is 70.3 cm³/mol. The van der Waals surface area contributed by atoms with E-state index in [1.807, 2.05) is 24.3 Å². The first-order valence-corrected chi connectivity index (χ1v) is 6.22. The van der Waals surface area contributed by atoms with Crippen molar-refractivity contribution in [2.24, 2.45) is 5.92 Å². The molecule has 0 aliphatic rings. The number of nitrogens with zero attached hydrogens (tertiary/aromatic N) is 3. The van der Waals surface area contributed by atoms with Crippen molar-refractivity contribution in [2.75, 3.05) is 17.7 Å². The van der Waals surface area contributed by atoms with Crippen LogP contribution in [0.15, 0.2) is 24.3 Å². The van der Waals surface area contributed by atoms with Crippen LogP contribution in [0, 0.1) is 5.92 Å². The van der Waals surface area contributed by atoms with Crippen LogP contribution in [0.3, 0.4) is 0 Å². The van der Waals surface area contributed by atoms with Gasteiger partial charge in [0.15, 0.2) is 0 Å². The normalized spacial score (nSPS) is 12.6. The average molecular weight is 251 g/mol. The molecule has 5 heteroatoms. The highest BCUT2D eigenvalue weighted by Crippen LogP contribution is 2.10. The maximum absolute atomic E-state index is 5.68. The molecule has 17 heavy (non-hydrogen) atoms. The summed E-state index contributed by atoms with van der Waals surface area (Å²) in [4.78, 5) is 4.39. The first kappa shape index (κ1) is 12.0. The van der Waals surface area contributed by atoms with Crippen molar-refractivity contribution in [1.29, 1.82) is 0 Å². The Hall–Kier alpha value is -1.42. The number of para-hydroxylation sites is 1. The van der Waals surface area contributed by atoms with Crippen molar-refractivity contribution < 1.29 is 0 Å². The molecule has 0 spiro atoms. The van der Waals surface area contributed by atoms with Crippen molar-refractivity contribution in [3.8, 4) is 0 Å².